The fourth-order valence-electron chi connectivity index (χ4n) is 1.66. The van der Waals surface area contributed by atoms with Crippen LogP contribution in [0.25, 0.3) is 0 Å². The van der Waals surface area contributed by atoms with E-state index in [1.54, 1.807) is 5.57 Å². The first-order valence-electron chi connectivity index (χ1n) is 4.10. The Bertz CT molecular complexity index is 285. The Kier molecular flexibility index (Phi) is 1.54. The molecule has 0 aromatic heterocycles. The summed E-state index contributed by atoms with van der Waals surface area (Å²) in [6, 6.07) is 0. The minimum atomic E-state index is 1.14. The molecule has 2 rings (SSSR count). The molecule has 0 aromatic rings. The molecule has 11 heavy (non-hydrogen) atoms. The third kappa shape index (κ3) is 1.09. The Balaban J connectivity index is 2.39. The Morgan fingerprint density at radius 3 is 3.00 bits per heavy atom. The molecule has 0 bridgehead atoms. The lowest BCUT2D eigenvalue weighted by molar-refractivity contribution is 1.13. The first-order valence-corrected chi connectivity index (χ1v) is 4.10. The molecule has 2 aliphatic carbocycles. The van der Waals surface area contributed by atoms with Gasteiger partial charge in [0.25, 0.3) is 0 Å². The maximum absolute atomic E-state index is 2.31. The standard InChI is InChI=1S/C11H12/c1-9-7-8-10-5-3-2-4-6-11(9)10/h2-4,6-7H,5,8H2,1H3. The summed E-state index contributed by atoms with van der Waals surface area (Å²) in [7, 11) is 0. The van der Waals surface area contributed by atoms with E-state index in [2.05, 4.69) is 37.3 Å². The van der Waals surface area contributed by atoms with Crippen molar-refractivity contribution < 1.29 is 0 Å². The maximum Gasteiger partial charge on any atom is -0.0121 e. The van der Waals surface area contributed by atoms with Gasteiger partial charge in [0.1, 0.15) is 0 Å². The summed E-state index contributed by atoms with van der Waals surface area (Å²) in [6.45, 7) is 2.19. The van der Waals surface area contributed by atoms with E-state index in [1.165, 1.54) is 11.1 Å². The highest BCUT2D eigenvalue weighted by Gasteiger charge is 2.11. The van der Waals surface area contributed by atoms with Crippen LogP contribution in [0.15, 0.2) is 47.1 Å². The molecule has 56 valence electrons. The Morgan fingerprint density at radius 1 is 1.18 bits per heavy atom. The topological polar surface area (TPSA) is 0 Å². The predicted molar refractivity (Wildman–Crippen MR) is 48.3 cm³/mol. The van der Waals surface area contributed by atoms with Crippen LogP contribution < -0.4 is 0 Å². The normalized spacial score (nSPS) is 21.7. The Hall–Kier alpha value is -1.04. The third-order valence-corrected chi connectivity index (χ3v) is 2.33. The summed E-state index contributed by atoms with van der Waals surface area (Å²) >= 11 is 0. The van der Waals surface area contributed by atoms with Gasteiger partial charge in [0, 0.05) is 0 Å². The van der Waals surface area contributed by atoms with Gasteiger partial charge >= 0.3 is 0 Å². The lowest BCUT2D eigenvalue weighted by Crippen LogP contribution is -1.80. The molecule has 0 aliphatic heterocycles. The molecular weight excluding hydrogens is 132 g/mol. The largest absolute Gasteiger partial charge is 0.0804 e. The fourth-order valence-corrected chi connectivity index (χ4v) is 1.66. The van der Waals surface area contributed by atoms with Crippen LogP contribution in [-0.4, -0.2) is 0 Å². The second kappa shape index (κ2) is 2.54. The number of allylic oxidation sites excluding steroid dienone is 8. The van der Waals surface area contributed by atoms with E-state index in [4.69, 9.17) is 0 Å². The van der Waals surface area contributed by atoms with Crippen LogP contribution in [0.2, 0.25) is 0 Å². The molecule has 0 spiro atoms. The second-order valence-corrected chi connectivity index (χ2v) is 3.10. The van der Waals surface area contributed by atoms with Crippen molar-refractivity contribution in [1.29, 1.82) is 0 Å². The number of rotatable bonds is 0. The van der Waals surface area contributed by atoms with Crippen LogP contribution >= 0.6 is 0 Å². The monoisotopic (exact) mass is 144 g/mol. The molecule has 0 N–H and O–H groups in total. The van der Waals surface area contributed by atoms with Gasteiger partial charge in [0.15, 0.2) is 0 Å². The highest BCUT2D eigenvalue weighted by molar-refractivity contribution is 5.50. The first kappa shape index (κ1) is 6.66. The van der Waals surface area contributed by atoms with Crippen molar-refractivity contribution in [2.24, 2.45) is 0 Å². The van der Waals surface area contributed by atoms with E-state index in [1.807, 2.05) is 0 Å². The zero-order chi connectivity index (χ0) is 7.68. The van der Waals surface area contributed by atoms with Crippen molar-refractivity contribution in [2.75, 3.05) is 0 Å². The van der Waals surface area contributed by atoms with Gasteiger partial charge in [0.2, 0.25) is 0 Å². The van der Waals surface area contributed by atoms with Crippen LogP contribution in [0, 0.1) is 0 Å². The van der Waals surface area contributed by atoms with Crippen molar-refractivity contribution in [3.05, 3.63) is 47.1 Å². The number of hydrogen-bond donors (Lipinski definition) is 0. The van der Waals surface area contributed by atoms with E-state index in [0.717, 1.165) is 12.8 Å². The highest BCUT2D eigenvalue weighted by Crippen LogP contribution is 2.30. The zero-order valence-electron chi connectivity index (χ0n) is 6.80. The van der Waals surface area contributed by atoms with Crippen molar-refractivity contribution in [2.45, 2.75) is 19.8 Å². The summed E-state index contributed by atoms with van der Waals surface area (Å²) in [6.07, 6.45) is 13.3. The van der Waals surface area contributed by atoms with Crippen LogP contribution in [-0.2, 0) is 0 Å². The van der Waals surface area contributed by atoms with Gasteiger partial charge in [-0.1, -0.05) is 36.0 Å². The summed E-state index contributed by atoms with van der Waals surface area (Å²) in [5.74, 6) is 0. The van der Waals surface area contributed by atoms with Crippen LogP contribution in [0.5, 0.6) is 0 Å². The Morgan fingerprint density at radius 2 is 2.09 bits per heavy atom. The van der Waals surface area contributed by atoms with Crippen molar-refractivity contribution in [3.8, 4) is 0 Å². The molecule has 0 heteroatoms. The van der Waals surface area contributed by atoms with Crippen LogP contribution in [0.3, 0.4) is 0 Å². The van der Waals surface area contributed by atoms with Crippen molar-refractivity contribution >= 4 is 0 Å². The van der Waals surface area contributed by atoms with Crippen LogP contribution in [0.4, 0.5) is 0 Å². The predicted octanol–water partition coefficient (Wildman–Crippen LogP) is 3.15. The van der Waals surface area contributed by atoms with E-state index in [-0.39, 0.29) is 0 Å². The van der Waals surface area contributed by atoms with E-state index in [9.17, 15) is 0 Å². The molecular formula is C11H12. The van der Waals surface area contributed by atoms with Gasteiger partial charge in [-0.05, 0) is 30.9 Å². The van der Waals surface area contributed by atoms with Gasteiger partial charge in [-0.15, -0.1) is 0 Å². The van der Waals surface area contributed by atoms with Gasteiger partial charge in [-0.2, -0.15) is 0 Å². The van der Waals surface area contributed by atoms with E-state index >= 15 is 0 Å². The molecule has 0 unspecified atom stereocenters. The molecule has 0 saturated carbocycles. The van der Waals surface area contributed by atoms with E-state index < -0.39 is 0 Å². The molecule has 2 aliphatic rings. The molecule has 0 fully saturated rings. The molecule has 0 saturated heterocycles. The molecule has 0 atom stereocenters. The molecule has 0 radical (unpaired) electrons. The quantitative estimate of drug-likeness (QED) is 0.490. The molecule has 0 aromatic carbocycles. The summed E-state index contributed by atoms with van der Waals surface area (Å²) in [4.78, 5) is 0. The first-order chi connectivity index (χ1) is 5.38. The minimum Gasteiger partial charge on any atom is -0.0804 e. The van der Waals surface area contributed by atoms with Crippen molar-refractivity contribution in [1.82, 2.24) is 0 Å². The SMILES string of the molecule is CC1=CCC2=C1C=CC=CC2. The summed E-state index contributed by atoms with van der Waals surface area (Å²) in [5, 5.41) is 0. The van der Waals surface area contributed by atoms with Crippen LogP contribution in [0.1, 0.15) is 19.8 Å². The summed E-state index contributed by atoms with van der Waals surface area (Å²) < 4.78 is 0. The van der Waals surface area contributed by atoms with Gasteiger partial charge in [-0.25, -0.2) is 0 Å². The highest BCUT2D eigenvalue weighted by atomic mass is 14.2. The second-order valence-electron chi connectivity index (χ2n) is 3.10. The third-order valence-electron chi connectivity index (χ3n) is 2.33. The van der Waals surface area contributed by atoms with Gasteiger partial charge in [0.05, 0.1) is 0 Å². The van der Waals surface area contributed by atoms with E-state index in [0.29, 0.717) is 0 Å². The fraction of sp³-hybridized carbons (Fsp3) is 0.273. The molecule has 0 heterocycles. The zero-order valence-corrected chi connectivity index (χ0v) is 6.80. The minimum absolute atomic E-state index is 1.14. The lowest BCUT2D eigenvalue weighted by atomic mass is 10.1. The van der Waals surface area contributed by atoms with Gasteiger partial charge < -0.3 is 0 Å². The molecule has 0 amide bonds. The maximum atomic E-state index is 2.31. The lowest BCUT2D eigenvalue weighted by Gasteiger charge is -1.99. The average molecular weight is 144 g/mol. The molecule has 0 nitrogen and oxygen atoms in total. The summed E-state index contributed by atoms with van der Waals surface area (Å²) in [5.41, 5.74) is 4.49. The Labute approximate surface area is 67.6 Å². The smallest absolute Gasteiger partial charge is 0.0121 e. The average Bonchev–Trinajstić information content (AvgIpc) is 2.25. The number of hydrogen-bond acceptors (Lipinski definition) is 0. The van der Waals surface area contributed by atoms with Crippen molar-refractivity contribution in [3.63, 3.8) is 0 Å². The van der Waals surface area contributed by atoms with Gasteiger partial charge in [-0.3, -0.25) is 0 Å².